The summed E-state index contributed by atoms with van der Waals surface area (Å²) in [4.78, 5) is 4.42. The van der Waals surface area contributed by atoms with Gasteiger partial charge in [0, 0.05) is 5.69 Å². The number of hydrogen-bond acceptors (Lipinski definition) is 4. The van der Waals surface area contributed by atoms with Crippen molar-refractivity contribution in [1.82, 2.24) is 24.3 Å². The molecule has 2 aromatic carbocycles. The van der Waals surface area contributed by atoms with E-state index in [0.29, 0.717) is 22.0 Å². The van der Waals surface area contributed by atoms with E-state index in [4.69, 9.17) is 0 Å². The standard InChI is InChI=1S/C18H15F2N5S/c1-12(16-22-14-9-5-6-10-15(14)25(16)17(19)20)26-18-23-21-11-24(18)13-7-3-2-4-8-13/h2-12,17H,1H3/t12-/m0/s1. The van der Waals surface area contributed by atoms with E-state index in [0.717, 1.165) is 10.3 Å². The number of hydrogen-bond donors (Lipinski definition) is 0. The normalized spacial score (nSPS) is 12.8. The molecule has 1 atom stereocenters. The first kappa shape index (κ1) is 16.7. The van der Waals surface area contributed by atoms with Crippen molar-refractivity contribution in [2.24, 2.45) is 0 Å². The molecule has 2 heterocycles. The predicted octanol–water partition coefficient (Wildman–Crippen LogP) is 4.87. The molecule has 0 saturated carbocycles. The molecule has 0 N–H and O–H groups in total. The van der Waals surface area contributed by atoms with Gasteiger partial charge in [-0.3, -0.25) is 9.13 Å². The van der Waals surface area contributed by atoms with Gasteiger partial charge in [0.1, 0.15) is 12.2 Å². The molecular formula is C18H15F2N5S. The van der Waals surface area contributed by atoms with Crippen LogP contribution in [0, 0.1) is 0 Å². The molecular weight excluding hydrogens is 356 g/mol. The van der Waals surface area contributed by atoms with Crippen LogP contribution in [0.3, 0.4) is 0 Å². The highest BCUT2D eigenvalue weighted by molar-refractivity contribution is 7.99. The lowest BCUT2D eigenvalue weighted by Gasteiger charge is -2.14. The van der Waals surface area contributed by atoms with Crippen LogP contribution in [0.5, 0.6) is 0 Å². The molecule has 5 nitrogen and oxygen atoms in total. The smallest absolute Gasteiger partial charge is 0.277 e. The molecule has 4 aromatic rings. The quantitative estimate of drug-likeness (QED) is 0.470. The van der Waals surface area contributed by atoms with Crippen molar-refractivity contribution in [2.45, 2.75) is 23.9 Å². The molecule has 0 spiro atoms. The molecule has 4 rings (SSSR count). The zero-order valence-electron chi connectivity index (χ0n) is 13.8. The Balaban J connectivity index is 1.70. The van der Waals surface area contributed by atoms with Crippen molar-refractivity contribution in [3.63, 3.8) is 0 Å². The Bertz CT molecular complexity index is 1030. The summed E-state index contributed by atoms with van der Waals surface area (Å²) in [6.07, 6.45) is 1.61. The van der Waals surface area contributed by atoms with Gasteiger partial charge >= 0.3 is 6.55 Å². The van der Waals surface area contributed by atoms with E-state index in [1.807, 2.05) is 41.8 Å². The van der Waals surface area contributed by atoms with Gasteiger partial charge in [-0.2, -0.15) is 8.78 Å². The summed E-state index contributed by atoms with van der Waals surface area (Å²) >= 11 is 1.34. The van der Waals surface area contributed by atoms with Crippen molar-refractivity contribution in [2.75, 3.05) is 0 Å². The van der Waals surface area contributed by atoms with Crippen LogP contribution in [0.1, 0.15) is 24.5 Å². The fraction of sp³-hybridized carbons (Fsp3) is 0.167. The van der Waals surface area contributed by atoms with Crippen molar-refractivity contribution in [3.8, 4) is 5.69 Å². The third-order valence-electron chi connectivity index (χ3n) is 4.01. The highest BCUT2D eigenvalue weighted by Gasteiger charge is 2.24. The van der Waals surface area contributed by atoms with Gasteiger partial charge in [-0.15, -0.1) is 10.2 Å². The van der Waals surface area contributed by atoms with Gasteiger partial charge in [0.05, 0.1) is 16.3 Å². The van der Waals surface area contributed by atoms with Crippen molar-refractivity contribution < 1.29 is 8.78 Å². The second kappa shape index (κ2) is 6.87. The average Bonchev–Trinajstić information content (AvgIpc) is 3.26. The molecule has 0 saturated heterocycles. The Morgan fingerprint density at radius 3 is 2.50 bits per heavy atom. The minimum absolute atomic E-state index is 0.314. The minimum Gasteiger partial charge on any atom is -0.277 e. The Kier molecular flexibility index (Phi) is 4.42. The molecule has 132 valence electrons. The van der Waals surface area contributed by atoms with Gasteiger partial charge in [0.25, 0.3) is 0 Å². The maximum atomic E-state index is 13.7. The third kappa shape index (κ3) is 2.96. The highest BCUT2D eigenvalue weighted by atomic mass is 32.2. The van der Waals surface area contributed by atoms with Crippen LogP contribution in [-0.2, 0) is 0 Å². The molecule has 0 fully saturated rings. The van der Waals surface area contributed by atoms with Crippen molar-refractivity contribution in [1.29, 1.82) is 0 Å². The van der Waals surface area contributed by atoms with Gasteiger partial charge in [-0.25, -0.2) is 4.98 Å². The molecule has 0 bridgehead atoms. The van der Waals surface area contributed by atoms with E-state index < -0.39 is 6.55 Å². The number of fused-ring (bicyclic) bond motifs is 1. The van der Waals surface area contributed by atoms with E-state index in [-0.39, 0.29) is 5.25 Å². The highest BCUT2D eigenvalue weighted by Crippen LogP contribution is 2.37. The number of thioether (sulfide) groups is 1. The number of nitrogens with zero attached hydrogens (tertiary/aromatic N) is 5. The van der Waals surface area contributed by atoms with Crippen LogP contribution in [0.25, 0.3) is 16.7 Å². The number of alkyl halides is 2. The second-order valence-corrected chi connectivity index (χ2v) is 6.99. The van der Waals surface area contributed by atoms with Gasteiger partial charge in [0.2, 0.25) is 0 Å². The molecule has 0 radical (unpaired) electrons. The maximum Gasteiger partial charge on any atom is 0.320 e. The summed E-state index contributed by atoms with van der Waals surface area (Å²) in [7, 11) is 0. The Labute approximate surface area is 152 Å². The maximum absolute atomic E-state index is 13.7. The van der Waals surface area contributed by atoms with Crippen LogP contribution in [-0.4, -0.2) is 24.3 Å². The largest absolute Gasteiger partial charge is 0.320 e. The van der Waals surface area contributed by atoms with Crippen LogP contribution in [0.2, 0.25) is 0 Å². The van der Waals surface area contributed by atoms with E-state index in [1.165, 1.54) is 11.8 Å². The topological polar surface area (TPSA) is 48.5 Å². The minimum atomic E-state index is -2.66. The molecule has 8 heteroatoms. The third-order valence-corrected chi connectivity index (χ3v) is 5.07. The summed E-state index contributed by atoms with van der Waals surface area (Å²) in [6.45, 7) is -0.818. The molecule has 0 aliphatic heterocycles. The first-order valence-corrected chi connectivity index (χ1v) is 8.90. The fourth-order valence-corrected chi connectivity index (χ4v) is 3.78. The number of halogens is 2. The number of benzene rings is 2. The average molecular weight is 371 g/mol. The fourth-order valence-electron chi connectivity index (χ4n) is 2.84. The first-order valence-electron chi connectivity index (χ1n) is 8.02. The summed E-state index contributed by atoms with van der Waals surface area (Å²) in [6, 6.07) is 16.6. The summed E-state index contributed by atoms with van der Waals surface area (Å²) in [5, 5.41) is 8.39. The number of aromatic nitrogens is 5. The van der Waals surface area contributed by atoms with Crippen molar-refractivity contribution in [3.05, 3.63) is 66.7 Å². The molecule has 0 unspecified atom stereocenters. The van der Waals surface area contributed by atoms with E-state index in [9.17, 15) is 8.78 Å². The molecule has 0 amide bonds. The van der Waals surface area contributed by atoms with Gasteiger partial charge in [0.15, 0.2) is 5.16 Å². The molecule has 2 aromatic heterocycles. The Hall–Kier alpha value is -2.74. The van der Waals surface area contributed by atoms with Crippen LogP contribution in [0.15, 0.2) is 66.1 Å². The zero-order chi connectivity index (χ0) is 18.1. The second-order valence-electron chi connectivity index (χ2n) is 5.69. The summed E-state index contributed by atoms with van der Waals surface area (Å²) in [5.41, 5.74) is 1.89. The predicted molar refractivity (Wildman–Crippen MR) is 96.6 cm³/mol. The molecule has 0 aliphatic rings. The van der Waals surface area contributed by atoms with Gasteiger partial charge in [-0.1, -0.05) is 42.1 Å². The van der Waals surface area contributed by atoms with E-state index >= 15 is 0 Å². The van der Waals surface area contributed by atoms with Crippen molar-refractivity contribution >= 4 is 22.8 Å². The molecule has 26 heavy (non-hydrogen) atoms. The van der Waals surface area contributed by atoms with Crippen LogP contribution in [0.4, 0.5) is 8.78 Å². The Morgan fingerprint density at radius 2 is 1.73 bits per heavy atom. The lowest BCUT2D eigenvalue weighted by molar-refractivity contribution is 0.0715. The number of para-hydroxylation sites is 3. The van der Waals surface area contributed by atoms with E-state index in [2.05, 4.69) is 15.2 Å². The van der Waals surface area contributed by atoms with E-state index in [1.54, 1.807) is 30.6 Å². The van der Waals surface area contributed by atoms with Crippen LogP contribution >= 0.6 is 11.8 Å². The van der Waals surface area contributed by atoms with Gasteiger partial charge < -0.3 is 0 Å². The molecule has 0 aliphatic carbocycles. The summed E-state index contributed by atoms with van der Waals surface area (Å²) < 4.78 is 30.1. The van der Waals surface area contributed by atoms with Gasteiger partial charge in [-0.05, 0) is 31.2 Å². The summed E-state index contributed by atoms with van der Waals surface area (Å²) in [5.74, 6) is 0.314. The number of rotatable bonds is 5. The zero-order valence-corrected chi connectivity index (χ0v) is 14.6. The van der Waals surface area contributed by atoms with Crippen LogP contribution < -0.4 is 0 Å². The monoisotopic (exact) mass is 371 g/mol. The first-order chi connectivity index (χ1) is 12.6. The lowest BCUT2D eigenvalue weighted by Crippen LogP contribution is -2.07. The SMILES string of the molecule is C[C@H](Sc1nncn1-c1ccccc1)c1nc2ccccc2n1C(F)F. The Morgan fingerprint density at radius 1 is 1.00 bits per heavy atom. The lowest BCUT2D eigenvalue weighted by atomic mass is 10.3. The number of imidazole rings is 1.